The predicted molar refractivity (Wildman–Crippen MR) is 106 cm³/mol. The van der Waals surface area contributed by atoms with Gasteiger partial charge in [0.25, 0.3) is 0 Å². The molecular formula is C21H18F3NO4S. The minimum Gasteiger partial charge on any atom is -0.489 e. The van der Waals surface area contributed by atoms with Crippen molar-refractivity contribution in [2.45, 2.75) is 18.0 Å². The summed E-state index contributed by atoms with van der Waals surface area (Å²) in [4.78, 5) is 11.5. The molecule has 2 aromatic carbocycles. The number of aryl methyl sites for hydroxylation is 1. The van der Waals surface area contributed by atoms with Gasteiger partial charge in [0.15, 0.2) is 6.61 Å². The lowest BCUT2D eigenvalue weighted by atomic mass is 10.2. The first-order valence-corrected chi connectivity index (χ1v) is 9.63. The van der Waals surface area contributed by atoms with E-state index >= 15 is 0 Å². The third-order valence-corrected chi connectivity index (χ3v) is 4.90. The summed E-state index contributed by atoms with van der Waals surface area (Å²) in [5, 5.41) is 17.6. The number of ether oxygens (including phenoxy) is 2. The van der Waals surface area contributed by atoms with Crippen LogP contribution in [0.3, 0.4) is 0 Å². The van der Waals surface area contributed by atoms with Crippen molar-refractivity contribution < 1.29 is 32.5 Å². The van der Waals surface area contributed by atoms with Crippen LogP contribution in [0.5, 0.6) is 11.5 Å². The Kier molecular flexibility index (Phi) is 8.18. The Hall–Kier alpha value is -3.12. The van der Waals surface area contributed by atoms with Crippen molar-refractivity contribution in [3.63, 3.8) is 0 Å². The zero-order valence-corrected chi connectivity index (χ0v) is 16.7. The van der Waals surface area contributed by atoms with Gasteiger partial charge in [-0.25, -0.2) is 4.79 Å². The molecule has 0 aliphatic heterocycles. The standard InChI is InChI=1S/C21H18F3NO4S/c1-14-10-18(6-7-19(14)29-12-20(26)27)30-13-15(8-9-25)11-28-17-4-2-16(3-5-17)21(22,23)24/h2-8,10H,11-13H2,1H3,(H,26,27)/b15-8+. The van der Waals surface area contributed by atoms with Crippen LogP contribution in [0.4, 0.5) is 13.2 Å². The molecular weight excluding hydrogens is 419 g/mol. The number of nitrogens with zero attached hydrogens (tertiary/aromatic N) is 1. The molecule has 0 fully saturated rings. The number of hydrogen-bond donors (Lipinski definition) is 1. The normalized spacial score (nSPS) is 11.6. The number of carbonyl (C=O) groups is 1. The van der Waals surface area contributed by atoms with Gasteiger partial charge in [0.05, 0.1) is 11.6 Å². The van der Waals surface area contributed by atoms with Gasteiger partial charge in [0.2, 0.25) is 0 Å². The number of carboxylic acids is 1. The highest BCUT2D eigenvalue weighted by Crippen LogP contribution is 2.31. The minimum absolute atomic E-state index is 0.0602. The minimum atomic E-state index is -4.41. The summed E-state index contributed by atoms with van der Waals surface area (Å²) in [6.07, 6.45) is -3.07. The first-order chi connectivity index (χ1) is 14.2. The van der Waals surface area contributed by atoms with Gasteiger partial charge in [-0.2, -0.15) is 18.4 Å². The molecule has 30 heavy (non-hydrogen) atoms. The number of rotatable bonds is 9. The summed E-state index contributed by atoms with van der Waals surface area (Å²) in [6.45, 7) is 1.43. The van der Waals surface area contributed by atoms with Gasteiger partial charge in [-0.1, -0.05) is 0 Å². The first kappa shape index (κ1) is 23.2. The van der Waals surface area contributed by atoms with E-state index in [0.717, 1.165) is 22.6 Å². The van der Waals surface area contributed by atoms with Gasteiger partial charge in [-0.05, 0) is 60.5 Å². The van der Waals surface area contributed by atoms with E-state index in [1.165, 1.54) is 30.0 Å². The molecule has 5 nitrogen and oxygen atoms in total. The number of halogens is 3. The number of aliphatic carboxylic acids is 1. The molecule has 0 radical (unpaired) electrons. The van der Waals surface area contributed by atoms with Crippen LogP contribution in [0.15, 0.2) is 59.0 Å². The summed E-state index contributed by atoms with van der Waals surface area (Å²) in [7, 11) is 0. The Bertz CT molecular complexity index is 950. The average molecular weight is 437 g/mol. The van der Waals surface area contributed by atoms with Crippen LogP contribution in [0.1, 0.15) is 11.1 Å². The smallest absolute Gasteiger partial charge is 0.416 e. The molecule has 9 heteroatoms. The summed E-state index contributed by atoms with van der Waals surface area (Å²) < 4.78 is 48.5. The molecule has 0 bridgehead atoms. The highest BCUT2D eigenvalue weighted by Gasteiger charge is 2.30. The van der Waals surface area contributed by atoms with Crippen LogP contribution in [0, 0.1) is 18.3 Å². The SMILES string of the molecule is Cc1cc(SC/C(=C/C#N)COc2ccc(C(F)(F)F)cc2)ccc1OCC(=O)O. The number of thioether (sulfide) groups is 1. The van der Waals surface area contributed by atoms with Crippen molar-refractivity contribution in [3.05, 3.63) is 65.2 Å². The molecule has 2 aromatic rings. The zero-order valence-electron chi connectivity index (χ0n) is 15.9. The Morgan fingerprint density at radius 1 is 1.17 bits per heavy atom. The van der Waals surface area contributed by atoms with Crippen LogP contribution in [-0.2, 0) is 11.0 Å². The van der Waals surface area contributed by atoms with Crippen molar-refractivity contribution in [2.75, 3.05) is 19.0 Å². The van der Waals surface area contributed by atoms with Crippen molar-refractivity contribution in [1.29, 1.82) is 5.26 Å². The molecule has 0 amide bonds. The molecule has 0 aliphatic carbocycles. The van der Waals surface area contributed by atoms with Crippen molar-refractivity contribution in [1.82, 2.24) is 0 Å². The Morgan fingerprint density at radius 2 is 1.87 bits per heavy atom. The van der Waals surface area contributed by atoms with E-state index in [2.05, 4.69) is 0 Å². The third kappa shape index (κ3) is 7.37. The molecule has 0 spiro atoms. The van der Waals surface area contributed by atoms with Gasteiger partial charge in [-0.15, -0.1) is 11.8 Å². The van der Waals surface area contributed by atoms with E-state index in [0.29, 0.717) is 17.1 Å². The number of hydrogen-bond acceptors (Lipinski definition) is 5. The van der Waals surface area contributed by atoms with Crippen LogP contribution in [0.25, 0.3) is 0 Å². The molecule has 158 valence electrons. The zero-order chi connectivity index (χ0) is 22.1. The molecule has 0 atom stereocenters. The van der Waals surface area contributed by atoms with E-state index < -0.39 is 24.3 Å². The van der Waals surface area contributed by atoms with Crippen molar-refractivity contribution in [2.24, 2.45) is 0 Å². The Morgan fingerprint density at radius 3 is 2.43 bits per heavy atom. The number of nitriles is 1. The lowest BCUT2D eigenvalue weighted by molar-refractivity contribution is -0.139. The van der Waals surface area contributed by atoms with Crippen LogP contribution >= 0.6 is 11.8 Å². The predicted octanol–water partition coefficient (Wildman–Crippen LogP) is 5.10. The Labute approximate surface area is 175 Å². The number of benzene rings is 2. The Balaban J connectivity index is 1.93. The number of carboxylic acid groups (broad SMARTS) is 1. The molecule has 2 rings (SSSR count). The van der Waals surface area contributed by atoms with Gasteiger partial charge in [0, 0.05) is 16.7 Å². The molecule has 0 aromatic heterocycles. The molecule has 0 unspecified atom stereocenters. The fraction of sp³-hybridized carbons (Fsp3) is 0.238. The molecule has 0 saturated carbocycles. The molecule has 0 aliphatic rings. The second kappa shape index (κ2) is 10.6. The van der Waals surface area contributed by atoms with Gasteiger partial charge >= 0.3 is 12.1 Å². The van der Waals surface area contributed by atoms with E-state index in [1.807, 2.05) is 12.1 Å². The van der Waals surface area contributed by atoms with Crippen molar-refractivity contribution >= 4 is 17.7 Å². The second-order valence-electron chi connectivity index (χ2n) is 6.14. The molecule has 0 saturated heterocycles. The van der Waals surface area contributed by atoms with Crippen LogP contribution < -0.4 is 9.47 Å². The first-order valence-electron chi connectivity index (χ1n) is 8.64. The van der Waals surface area contributed by atoms with Crippen LogP contribution in [0.2, 0.25) is 0 Å². The monoisotopic (exact) mass is 437 g/mol. The lowest BCUT2D eigenvalue weighted by Gasteiger charge is -2.12. The van der Waals surface area contributed by atoms with E-state index in [1.54, 1.807) is 19.1 Å². The number of alkyl halides is 3. The van der Waals surface area contributed by atoms with Gasteiger partial charge in [0.1, 0.15) is 18.1 Å². The lowest BCUT2D eigenvalue weighted by Crippen LogP contribution is -2.10. The maximum Gasteiger partial charge on any atom is 0.416 e. The topological polar surface area (TPSA) is 79.5 Å². The molecule has 1 N–H and O–H groups in total. The fourth-order valence-corrected chi connectivity index (χ4v) is 3.26. The van der Waals surface area contributed by atoms with Crippen LogP contribution in [-0.4, -0.2) is 30.0 Å². The summed E-state index contributed by atoms with van der Waals surface area (Å²) in [5.41, 5.74) is 0.670. The van der Waals surface area contributed by atoms with E-state index in [9.17, 15) is 18.0 Å². The largest absolute Gasteiger partial charge is 0.489 e. The quantitative estimate of drug-likeness (QED) is 0.434. The van der Waals surface area contributed by atoms with Gasteiger partial charge < -0.3 is 14.6 Å². The fourth-order valence-electron chi connectivity index (χ4n) is 2.32. The van der Waals surface area contributed by atoms with Crippen molar-refractivity contribution in [3.8, 4) is 17.6 Å². The van der Waals surface area contributed by atoms with E-state index in [4.69, 9.17) is 19.8 Å². The second-order valence-corrected chi connectivity index (χ2v) is 7.19. The third-order valence-electron chi connectivity index (χ3n) is 3.80. The average Bonchev–Trinajstić information content (AvgIpc) is 2.69. The summed E-state index contributed by atoms with van der Waals surface area (Å²) in [5.74, 6) is 0.114. The van der Waals surface area contributed by atoms with E-state index in [-0.39, 0.29) is 12.4 Å². The molecule has 0 heterocycles. The number of allylic oxidation sites excluding steroid dienone is 1. The maximum atomic E-state index is 12.6. The highest BCUT2D eigenvalue weighted by atomic mass is 32.2. The van der Waals surface area contributed by atoms with Gasteiger partial charge in [-0.3, -0.25) is 0 Å². The summed E-state index contributed by atoms with van der Waals surface area (Å²) >= 11 is 1.44. The maximum absolute atomic E-state index is 12.6. The summed E-state index contributed by atoms with van der Waals surface area (Å²) in [6, 6.07) is 11.6. The highest BCUT2D eigenvalue weighted by molar-refractivity contribution is 7.99.